The fourth-order valence-electron chi connectivity index (χ4n) is 3.65. The third kappa shape index (κ3) is 7.59. The number of hydrogen-bond acceptors (Lipinski definition) is 4. The fourth-order valence-corrected chi connectivity index (χ4v) is 3.65. The molecule has 31 heavy (non-hydrogen) atoms. The average molecular weight is 424 g/mol. The van der Waals surface area contributed by atoms with Crippen molar-refractivity contribution in [2.24, 2.45) is 5.41 Å². The summed E-state index contributed by atoms with van der Waals surface area (Å²) < 4.78 is 5.05. The van der Waals surface area contributed by atoms with Gasteiger partial charge in [0.2, 0.25) is 11.3 Å². The van der Waals surface area contributed by atoms with Crippen molar-refractivity contribution in [2.45, 2.75) is 60.4 Å². The summed E-state index contributed by atoms with van der Waals surface area (Å²) >= 11 is 0. The van der Waals surface area contributed by atoms with E-state index in [1.54, 1.807) is 0 Å². The molecule has 166 valence electrons. The lowest BCUT2D eigenvalue weighted by Crippen LogP contribution is -2.21. The number of allylic oxidation sites excluding steroid dienone is 9. The van der Waals surface area contributed by atoms with Crippen molar-refractivity contribution in [1.82, 2.24) is 5.32 Å². The van der Waals surface area contributed by atoms with Crippen molar-refractivity contribution >= 4 is 5.91 Å². The molecule has 1 aromatic rings. The topological polar surface area (TPSA) is 79.5 Å². The Kier molecular flexibility index (Phi) is 8.43. The van der Waals surface area contributed by atoms with Crippen LogP contribution in [0.5, 0.6) is 5.75 Å². The van der Waals surface area contributed by atoms with E-state index in [0.717, 1.165) is 23.5 Å². The Morgan fingerprint density at radius 2 is 2.00 bits per heavy atom. The first-order valence-electron chi connectivity index (χ1n) is 10.6. The largest absolute Gasteiger partial charge is 0.502 e. The molecule has 1 aliphatic rings. The number of hydrogen-bond donors (Lipinski definition) is 2. The summed E-state index contributed by atoms with van der Waals surface area (Å²) in [7, 11) is 0. The number of carbonyl (C=O) groups excluding carboxylic acids is 1. The maximum absolute atomic E-state index is 12.0. The van der Waals surface area contributed by atoms with Crippen LogP contribution >= 0.6 is 0 Å². The third-order valence-electron chi connectivity index (χ3n) is 5.44. The van der Waals surface area contributed by atoms with Crippen molar-refractivity contribution < 1.29 is 14.3 Å². The average Bonchev–Trinajstić information content (AvgIpc) is 2.68. The van der Waals surface area contributed by atoms with Crippen molar-refractivity contribution in [3.05, 3.63) is 87.1 Å². The van der Waals surface area contributed by atoms with Crippen LogP contribution in [-0.2, 0) is 11.3 Å². The summed E-state index contributed by atoms with van der Waals surface area (Å²) in [6.07, 6.45) is 16.3. The van der Waals surface area contributed by atoms with Crippen molar-refractivity contribution in [3.8, 4) is 5.75 Å². The maximum Gasteiger partial charge on any atom is 0.244 e. The Morgan fingerprint density at radius 3 is 2.68 bits per heavy atom. The van der Waals surface area contributed by atoms with Crippen molar-refractivity contribution in [2.75, 3.05) is 0 Å². The van der Waals surface area contributed by atoms with E-state index in [-0.39, 0.29) is 23.6 Å². The van der Waals surface area contributed by atoms with Gasteiger partial charge < -0.3 is 14.8 Å². The summed E-state index contributed by atoms with van der Waals surface area (Å²) in [5.41, 5.74) is 4.53. The van der Waals surface area contributed by atoms with E-state index in [2.05, 4.69) is 45.2 Å². The summed E-state index contributed by atoms with van der Waals surface area (Å²) in [4.78, 5) is 23.4. The summed E-state index contributed by atoms with van der Waals surface area (Å²) in [6.45, 7) is 10.8. The first-order chi connectivity index (χ1) is 14.6. The Labute approximate surface area is 184 Å². The predicted octanol–water partition coefficient (Wildman–Crippen LogP) is 5.49. The molecule has 2 N–H and O–H groups in total. The van der Waals surface area contributed by atoms with Gasteiger partial charge in [0, 0.05) is 12.1 Å². The van der Waals surface area contributed by atoms with Gasteiger partial charge in [-0.05, 0) is 56.6 Å². The first kappa shape index (κ1) is 24.2. The van der Waals surface area contributed by atoms with Crippen LogP contribution in [0.4, 0.5) is 0 Å². The molecule has 1 heterocycles. The summed E-state index contributed by atoms with van der Waals surface area (Å²) in [5.74, 6) is -0.474. The van der Waals surface area contributed by atoms with Crippen molar-refractivity contribution in [3.63, 3.8) is 0 Å². The number of amides is 1. The zero-order valence-corrected chi connectivity index (χ0v) is 19.1. The standard InChI is InChI=1S/C26H33NO4/c1-18(11-12-22-20(3)10-7-13-26(22,4)5)8-6-9-19(2)14-25(30)27-16-21-15-23(28)24(29)17-31-21/h6,8-9,11-12,14-15,17,29H,7,10,13,16H2,1-5H3,(H,27,30)/b9-6+,12-11+,18-8+,19-14+. The second-order valence-electron chi connectivity index (χ2n) is 8.74. The second kappa shape index (κ2) is 10.8. The van der Waals surface area contributed by atoms with E-state index in [0.29, 0.717) is 0 Å². The van der Waals surface area contributed by atoms with Crippen LogP contribution in [0.15, 0.2) is 80.3 Å². The van der Waals surface area contributed by atoms with E-state index < -0.39 is 11.2 Å². The van der Waals surface area contributed by atoms with Gasteiger partial charge in [-0.2, -0.15) is 0 Å². The maximum atomic E-state index is 12.0. The highest BCUT2D eigenvalue weighted by Crippen LogP contribution is 2.40. The molecule has 0 bridgehead atoms. The summed E-state index contributed by atoms with van der Waals surface area (Å²) in [6, 6.07) is 1.15. The van der Waals surface area contributed by atoms with Crippen LogP contribution in [0.3, 0.4) is 0 Å². The Hall–Kier alpha value is -3.08. The van der Waals surface area contributed by atoms with Gasteiger partial charge in [0.25, 0.3) is 0 Å². The van der Waals surface area contributed by atoms with Gasteiger partial charge in [-0.3, -0.25) is 9.59 Å². The summed E-state index contributed by atoms with van der Waals surface area (Å²) in [5, 5.41) is 11.8. The Morgan fingerprint density at radius 1 is 1.26 bits per heavy atom. The van der Waals surface area contributed by atoms with Crippen LogP contribution in [0.2, 0.25) is 0 Å². The monoisotopic (exact) mass is 423 g/mol. The molecule has 0 radical (unpaired) electrons. The van der Waals surface area contributed by atoms with Gasteiger partial charge >= 0.3 is 0 Å². The van der Waals surface area contributed by atoms with Crippen LogP contribution in [0.25, 0.3) is 0 Å². The first-order valence-corrected chi connectivity index (χ1v) is 10.6. The molecule has 0 aromatic carbocycles. The van der Waals surface area contributed by atoms with Crippen molar-refractivity contribution in [1.29, 1.82) is 0 Å². The minimum absolute atomic E-state index is 0.0667. The molecule has 5 heteroatoms. The highest BCUT2D eigenvalue weighted by molar-refractivity contribution is 5.88. The lowest BCUT2D eigenvalue weighted by molar-refractivity contribution is -0.116. The minimum atomic E-state index is -0.542. The quantitative estimate of drug-likeness (QED) is 0.449. The molecular weight excluding hydrogens is 390 g/mol. The molecule has 1 amide bonds. The zero-order chi connectivity index (χ0) is 23.0. The van der Waals surface area contributed by atoms with E-state index in [1.165, 1.54) is 36.5 Å². The molecule has 2 rings (SSSR count). The second-order valence-corrected chi connectivity index (χ2v) is 8.74. The van der Waals surface area contributed by atoms with Gasteiger partial charge in [-0.1, -0.05) is 55.4 Å². The minimum Gasteiger partial charge on any atom is -0.502 e. The van der Waals surface area contributed by atoms with Gasteiger partial charge in [-0.25, -0.2) is 0 Å². The molecule has 1 aromatic heterocycles. The normalized spacial score (nSPS) is 17.6. The number of aromatic hydroxyl groups is 1. The Balaban J connectivity index is 1.92. The van der Waals surface area contributed by atoms with Crippen LogP contribution in [0.1, 0.15) is 59.6 Å². The lowest BCUT2D eigenvalue weighted by Gasteiger charge is -2.32. The van der Waals surface area contributed by atoms with E-state index in [4.69, 9.17) is 4.42 Å². The molecule has 5 nitrogen and oxygen atoms in total. The molecule has 0 saturated heterocycles. The Bertz CT molecular complexity index is 1020. The van der Waals surface area contributed by atoms with Crippen LogP contribution < -0.4 is 10.7 Å². The van der Waals surface area contributed by atoms with Crippen LogP contribution in [0, 0.1) is 5.41 Å². The highest BCUT2D eigenvalue weighted by atomic mass is 16.4. The fraction of sp³-hybridized carbons (Fsp3) is 0.385. The molecule has 0 atom stereocenters. The molecule has 0 fully saturated rings. The van der Waals surface area contributed by atoms with Gasteiger partial charge in [0.05, 0.1) is 6.54 Å². The van der Waals surface area contributed by atoms with Gasteiger partial charge in [-0.15, -0.1) is 0 Å². The van der Waals surface area contributed by atoms with E-state index in [9.17, 15) is 14.7 Å². The van der Waals surface area contributed by atoms with Gasteiger partial charge in [0.1, 0.15) is 12.0 Å². The number of nitrogens with one attached hydrogen (secondary N) is 1. The van der Waals surface area contributed by atoms with Crippen LogP contribution in [-0.4, -0.2) is 11.0 Å². The molecule has 0 unspecified atom stereocenters. The van der Waals surface area contributed by atoms with Gasteiger partial charge in [0.15, 0.2) is 5.75 Å². The zero-order valence-electron chi connectivity index (χ0n) is 19.1. The molecule has 0 spiro atoms. The van der Waals surface area contributed by atoms with E-state index >= 15 is 0 Å². The predicted molar refractivity (Wildman–Crippen MR) is 125 cm³/mol. The highest BCUT2D eigenvalue weighted by Gasteiger charge is 2.26. The molecule has 0 aliphatic heterocycles. The molecule has 1 aliphatic carbocycles. The number of rotatable bonds is 7. The van der Waals surface area contributed by atoms with E-state index in [1.807, 2.05) is 25.2 Å². The molecule has 0 saturated carbocycles. The number of carbonyl (C=O) groups is 1. The SMILES string of the molecule is CC1=C(/C=C/C(C)=C/C=C/C(C)=C/C(=O)NCc2cc(=O)c(O)co2)C(C)(C)CCC1. The molecular formula is C26H33NO4. The smallest absolute Gasteiger partial charge is 0.244 e. The third-order valence-corrected chi connectivity index (χ3v) is 5.44. The lowest BCUT2D eigenvalue weighted by atomic mass is 9.72.